The van der Waals surface area contributed by atoms with Crippen molar-refractivity contribution in [3.8, 4) is 5.75 Å². The van der Waals surface area contributed by atoms with E-state index < -0.39 is 0 Å². The lowest BCUT2D eigenvalue weighted by molar-refractivity contribution is 0.414. The van der Waals surface area contributed by atoms with Gasteiger partial charge in [-0.05, 0) is 37.1 Å². The summed E-state index contributed by atoms with van der Waals surface area (Å²) in [5, 5.41) is 3.43. The molecule has 2 aromatic rings. The second kappa shape index (κ2) is 6.11. The lowest BCUT2D eigenvalue weighted by Gasteiger charge is -2.11. The molecule has 0 saturated carbocycles. The number of aryl methyl sites for hydroxylation is 2. The van der Waals surface area contributed by atoms with Crippen molar-refractivity contribution in [3.63, 3.8) is 0 Å². The highest BCUT2D eigenvalue weighted by molar-refractivity contribution is 9.10. The molecule has 0 saturated heterocycles. The molecule has 100 valence electrons. The van der Waals surface area contributed by atoms with Crippen LogP contribution in [0.25, 0.3) is 0 Å². The van der Waals surface area contributed by atoms with E-state index in [0.717, 1.165) is 22.5 Å². The third kappa shape index (κ3) is 3.74. The molecule has 1 N–H and O–H groups in total. The first-order chi connectivity index (χ1) is 9.08. The first kappa shape index (κ1) is 13.9. The van der Waals surface area contributed by atoms with E-state index in [2.05, 4.69) is 53.3 Å². The van der Waals surface area contributed by atoms with Crippen LogP contribution in [0, 0.1) is 13.8 Å². The van der Waals surface area contributed by atoms with E-state index in [1.165, 1.54) is 16.7 Å². The number of rotatable bonds is 4. The molecule has 19 heavy (non-hydrogen) atoms. The van der Waals surface area contributed by atoms with E-state index in [4.69, 9.17) is 4.74 Å². The first-order valence-corrected chi connectivity index (χ1v) is 7.02. The van der Waals surface area contributed by atoms with Gasteiger partial charge < -0.3 is 10.1 Å². The van der Waals surface area contributed by atoms with E-state index in [0.29, 0.717) is 0 Å². The fourth-order valence-corrected chi connectivity index (χ4v) is 2.50. The molecular formula is C16H18BrNO. The summed E-state index contributed by atoms with van der Waals surface area (Å²) in [5.74, 6) is 0.845. The minimum atomic E-state index is 0.811. The highest BCUT2D eigenvalue weighted by atomic mass is 79.9. The Hall–Kier alpha value is -1.48. The van der Waals surface area contributed by atoms with Crippen molar-refractivity contribution in [2.75, 3.05) is 12.4 Å². The standard InChI is InChI=1S/C16H18BrNO/c1-11-4-5-13(12(2)6-11)10-18-15-7-14(17)8-16(9-15)19-3/h4-9,18H,10H2,1-3H3. The molecule has 0 amide bonds. The smallest absolute Gasteiger partial charge is 0.122 e. The minimum Gasteiger partial charge on any atom is -0.497 e. The number of hydrogen-bond donors (Lipinski definition) is 1. The summed E-state index contributed by atoms with van der Waals surface area (Å²) >= 11 is 3.48. The molecule has 2 aromatic carbocycles. The van der Waals surface area contributed by atoms with Crippen molar-refractivity contribution in [2.24, 2.45) is 0 Å². The Morgan fingerprint density at radius 1 is 1.11 bits per heavy atom. The second-order valence-electron chi connectivity index (χ2n) is 4.66. The van der Waals surface area contributed by atoms with Crippen LogP contribution in [0.1, 0.15) is 16.7 Å². The summed E-state index contributed by atoms with van der Waals surface area (Å²) in [4.78, 5) is 0. The van der Waals surface area contributed by atoms with Crippen molar-refractivity contribution in [1.82, 2.24) is 0 Å². The van der Waals surface area contributed by atoms with Gasteiger partial charge in [-0.1, -0.05) is 39.7 Å². The molecule has 3 heteroatoms. The van der Waals surface area contributed by atoms with Crippen molar-refractivity contribution >= 4 is 21.6 Å². The van der Waals surface area contributed by atoms with E-state index in [-0.39, 0.29) is 0 Å². The molecular weight excluding hydrogens is 302 g/mol. The van der Waals surface area contributed by atoms with Gasteiger partial charge >= 0.3 is 0 Å². The molecule has 0 aliphatic carbocycles. The van der Waals surface area contributed by atoms with E-state index in [1.807, 2.05) is 18.2 Å². The van der Waals surface area contributed by atoms with E-state index >= 15 is 0 Å². The molecule has 0 aliphatic rings. The summed E-state index contributed by atoms with van der Waals surface area (Å²) in [6.45, 7) is 5.07. The SMILES string of the molecule is COc1cc(Br)cc(NCc2ccc(C)cc2C)c1. The van der Waals surface area contributed by atoms with Crippen LogP contribution in [0.4, 0.5) is 5.69 Å². The van der Waals surface area contributed by atoms with Gasteiger partial charge in [0.1, 0.15) is 5.75 Å². The first-order valence-electron chi connectivity index (χ1n) is 6.23. The molecule has 0 atom stereocenters. The molecule has 0 radical (unpaired) electrons. The lowest BCUT2D eigenvalue weighted by Crippen LogP contribution is -2.01. The van der Waals surface area contributed by atoms with Gasteiger partial charge in [0.15, 0.2) is 0 Å². The number of anilines is 1. The summed E-state index contributed by atoms with van der Waals surface area (Å²) in [6, 6.07) is 12.5. The highest BCUT2D eigenvalue weighted by Crippen LogP contribution is 2.25. The monoisotopic (exact) mass is 319 g/mol. The average molecular weight is 320 g/mol. The van der Waals surface area contributed by atoms with Gasteiger partial charge in [0, 0.05) is 22.8 Å². The normalized spacial score (nSPS) is 10.3. The largest absolute Gasteiger partial charge is 0.497 e. The van der Waals surface area contributed by atoms with Gasteiger partial charge in [-0.2, -0.15) is 0 Å². The Balaban J connectivity index is 2.12. The average Bonchev–Trinajstić information content (AvgIpc) is 2.37. The highest BCUT2D eigenvalue weighted by Gasteiger charge is 2.02. The van der Waals surface area contributed by atoms with E-state index in [9.17, 15) is 0 Å². The number of nitrogens with one attached hydrogen (secondary N) is 1. The molecule has 0 aromatic heterocycles. The van der Waals surface area contributed by atoms with Crippen LogP contribution in [-0.2, 0) is 6.54 Å². The quantitative estimate of drug-likeness (QED) is 0.883. The second-order valence-corrected chi connectivity index (χ2v) is 5.58. The topological polar surface area (TPSA) is 21.3 Å². The molecule has 0 unspecified atom stereocenters. The maximum Gasteiger partial charge on any atom is 0.122 e. The fourth-order valence-electron chi connectivity index (χ4n) is 2.02. The molecule has 2 rings (SSSR count). The van der Waals surface area contributed by atoms with Crippen LogP contribution in [-0.4, -0.2) is 7.11 Å². The van der Waals surface area contributed by atoms with Crippen molar-refractivity contribution in [1.29, 1.82) is 0 Å². The van der Waals surface area contributed by atoms with Gasteiger partial charge in [-0.3, -0.25) is 0 Å². The molecule has 0 aliphatic heterocycles. The summed E-state index contributed by atoms with van der Waals surface area (Å²) in [5.41, 5.74) is 4.97. The molecule has 0 fully saturated rings. The Kier molecular flexibility index (Phi) is 4.48. The minimum absolute atomic E-state index is 0.811. The van der Waals surface area contributed by atoms with Crippen molar-refractivity contribution in [2.45, 2.75) is 20.4 Å². The third-order valence-corrected chi connectivity index (χ3v) is 3.55. The predicted octanol–water partition coefficient (Wildman–Crippen LogP) is 4.69. The third-order valence-electron chi connectivity index (χ3n) is 3.09. The number of halogens is 1. The lowest BCUT2D eigenvalue weighted by atomic mass is 10.1. The number of hydrogen-bond acceptors (Lipinski definition) is 2. The number of methoxy groups -OCH3 is 1. The zero-order valence-electron chi connectivity index (χ0n) is 11.5. The predicted molar refractivity (Wildman–Crippen MR) is 83.9 cm³/mol. The zero-order chi connectivity index (χ0) is 13.8. The van der Waals surface area contributed by atoms with Crippen LogP contribution >= 0.6 is 15.9 Å². The molecule has 0 heterocycles. The van der Waals surface area contributed by atoms with Gasteiger partial charge in [0.2, 0.25) is 0 Å². The van der Waals surface area contributed by atoms with Crippen LogP contribution < -0.4 is 10.1 Å². The molecule has 2 nitrogen and oxygen atoms in total. The van der Waals surface area contributed by atoms with Crippen LogP contribution in [0.2, 0.25) is 0 Å². The molecule has 0 spiro atoms. The number of benzene rings is 2. The van der Waals surface area contributed by atoms with Crippen LogP contribution in [0.5, 0.6) is 5.75 Å². The van der Waals surface area contributed by atoms with E-state index in [1.54, 1.807) is 7.11 Å². The Bertz CT molecular complexity index is 581. The van der Waals surface area contributed by atoms with Crippen LogP contribution in [0.15, 0.2) is 40.9 Å². The van der Waals surface area contributed by atoms with Gasteiger partial charge in [-0.25, -0.2) is 0 Å². The molecule has 0 bridgehead atoms. The summed E-state index contributed by atoms with van der Waals surface area (Å²) < 4.78 is 6.27. The zero-order valence-corrected chi connectivity index (χ0v) is 13.0. The summed E-state index contributed by atoms with van der Waals surface area (Å²) in [6.07, 6.45) is 0. The van der Waals surface area contributed by atoms with Gasteiger partial charge in [-0.15, -0.1) is 0 Å². The summed E-state index contributed by atoms with van der Waals surface area (Å²) in [7, 11) is 1.68. The fraction of sp³-hybridized carbons (Fsp3) is 0.250. The van der Waals surface area contributed by atoms with Crippen molar-refractivity contribution < 1.29 is 4.74 Å². The Labute approximate surface area is 122 Å². The van der Waals surface area contributed by atoms with Crippen molar-refractivity contribution in [3.05, 3.63) is 57.6 Å². The number of ether oxygens (including phenoxy) is 1. The van der Waals surface area contributed by atoms with Gasteiger partial charge in [0.25, 0.3) is 0 Å². The van der Waals surface area contributed by atoms with Gasteiger partial charge in [0.05, 0.1) is 7.11 Å². The van der Waals surface area contributed by atoms with Crippen LogP contribution in [0.3, 0.4) is 0 Å². The Morgan fingerprint density at radius 3 is 2.58 bits per heavy atom. The maximum atomic E-state index is 5.26. The Morgan fingerprint density at radius 2 is 1.89 bits per heavy atom. The maximum absolute atomic E-state index is 5.26.